The molecule has 6 nitrogen and oxygen atoms in total. The Morgan fingerprint density at radius 1 is 1.05 bits per heavy atom. The molecule has 114 valence electrons. The van der Waals surface area contributed by atoms with Crippen LogP contribution in [0.5, 0.6) is 0 Å². The van der Waals surface area contributed by atoms with Crippen LogP contribution in [0.2, 0.25) is 0 Å². The van der Waals surface area contributed by atoms with Gasteiger partial charge in [-0.3, -0.25) is 4.79 Å². The minimum absolute atomic E-state index is 0.0192. The van der Waals surface area contributed by atoms with Gasteiger partial charge in [-0.25, -0.2) is 4.79 Å². The van der Waals surface area contributed by atoms with Crippen molar-refractivity contribution in [2.24, 2.45) is 11.7 Å². The molecule has 1 saturated carbocycles. The molecule has 2 unspecified atom stereocenters. The summed E-state index contributed by atoms with van der Waals surface area (Å²) in [6.07, 6.45) is 3.92. The molecule has 3 amide bonds. The molecule has 1 aliphatic rings. The second kappa shape index (κ2) is 7.08. The lowest BCUT2D eigenvalue weighted by Crippen LogP contribution is -2.40. The summed E-state index contributed by atoms with van der Waals surface area (Å²) in [5.74, 6) is -0.128. The molecule has 1 fully saturated rings. The van der Waals surface area contributed by atoms with Crippen molar-refractivity contribution < 1.29 is 9.59 Å². The quantitative estimate of drug-likeness (QED) is 0.684. The second-order valence-electron chi connectivity index (χ2n) is 5.33. The van der Waals surface area contributed by atoms with Crippen LogP contribution in [0.4, 0.5) is 16.2 Å². The summed E-state index contributed by atoms with van der Waals surface area (Å²) < 4.78 is 0. The third kappa shape index (κ3) is 4.19. The Labute approximate surface area is 124 Å². The molecule has 5 N–H and O–H groups in total. The molecule has 0 saturated heterocycles. The molecule has 0 heterocycles. The third-order valence-corrected chi connectivity index (χ3v) is 3.79. The molecular formula is C15H22N4O2. The fraction of sp³-hybridized carbons (Fsp3) is 0.467. The normalized spacial score (nSPS) is 21.4. The lowest BCUT2D eigenvalue weighted by Gasteiger charge is -2.27. The van der Waals surface area contributed by atoms with Gasteiger partial charge in [-0.05, 0) is 37.1 Å². The van der Waals surface area contributed by atoms with Gasteiger partial charge < -0.3 is 21.7 Å². The van der Waals surface area contributed by atoms with Gasteiger partial charge in [0, 0.05) is 24.5 Å². The first-order valence-corrected chi connectivity index (χ1v) is 7.25. The van der Waals surface area contributed by atoms with Crippen LogP contribution in [-0.2, 0) is 4.79 Å². The molecule has 0 radical (unpaired) electrons. The van der Waals surface area contributed by atoms with Crippen molar-refractivity contribution in [1.82, 2.24) is 5.32 Å². The van der Waals surface area contributed by atoms with Crippen molar-refractivity contribution in [2.45, 2.75) is 31.7 Å². The van der Waals surface area contributed by atoms with Gasteiger partial charge in [-0.15, -0.1) is 0 Å². The summed E-state index contributed by atoms with van der Waals surface area (Å²) in [5.41, 5.74) is 7.39. The number of benzene rings is 1. The molecule has 21 heavy (non-hydrogen) atoms. The van der Waals surface area contributed by atoms with E-state index in [2.05, 4.69) is 16.0 Å². The van der Waals surface area contributed by atoms with E-state index >= 15 is 0 Å². The van der Waals surface area contributed by atoms with Gasteiger partial charge in [-0.1, -0.05) is 12.8 Å². The summed E-state index contributed by atoms with van der Waals surface area (Å²) in [6.45, 7) is 0. The smallest absolute Gasteiger partial charge is 0.318 e. The van der Waals surface area contributed by atoms with Crippen LogP contribution in [0.1, 0.15) is 25.7 Å². The first-order chi connectivity index (χ1) is 10.1. The van der Waals surface area contributed by atoms with Gasteiger partial charge in [0.1, 0.15) is 0 Å². The van der Waals surface area contributed by atoms with Crippen LogP contribution in [0.3, 0.4) is 0 Å². The van der Waals surface area contributed by atoms with E-state index in [0.717, 1.165) is 25.7 Å². The maximum atomic E-state index is 12.2. The first kappa shape index (κ1) is 15.3. The predicted octanol–water partition coefficient (Wildman–Crippen LogP) is 1.89. The topological polar surface area (TPSA) is 96.2 Å². The van der Waals surface area contributed by atoms with Crippen LogP contribution in [0.25, 0.3) is 0 Å². The first-order valence-electron chi connectivity index (χ1n) is 7.25. The van der Waals surface area contributed by atoms with E-state index in [-0.39, 0.29) is 23.9 Å². The van der Waals surface area contributed by atoms with E-state index in [1.54, 1.807) is 31.3 Å². The van der Waals surface area contributed by atoms with Crippen LogP contribution in [0.15, 0.2) is 24.3 Å². The lowest BCUT2D eigenvalue weighted by molar-refractivity contribution is -0.121. The van der Waals surface area contributed by atoms with E-state index in [1.807, 2.05) is 0 Å². The van der Waals surface area contributed by atoms with Gasteiger partial charge >= 0.3 is 6.03 Å². The van der Waals surface area contributed by atoms with E-state index in [9.17, 15) is 9.59 Å². The number of carbonyl (C=O) groups is 2. The fourth-order valence-electron chi connectivity index (χ4n) is 2.55. The van der Waals surface area contributed by atoms with Crippen molar-refractivity contribution in [1.29, 1.82) is 0 Å². The highest BCUT2D eigenvalue weighted by Crippen LogP contribution is 2.24. The number of hydrogen-bond acceptors (Lipinski definition) is 3. The molecule has 2 rings (SSSR count). The summed E-state index contributed by atoms with van der Waals surface area (Å²) >= 11 is 0. The summed E-state index contributed by atoms with van der Waals surface area (Å²) in [7, 11) is 1.55. The van der Waals surface area contributed by atoms with Gasteiger partial charge in [0.05, 0.1) is 5.92 Å². The fourth-order valence-corrected chi connectivity index (χ4v) is 2.55. The molecule has 0 aromatic heterocycles. The SMILES string of the molecule is CNC(=O)Nc1ccc(NC(=O)C2CCCCC2N)cc1. The molecular weight excluding hydrogens is 268 g/mol. The van der Waals surface area contributed by atoms with Crippen molar-refractivity contribution in [2.75, 3.05) is 17.7 Å². The molecule has 2 atom stereocenters. The highest BCUT2D eigenvalue weighted by Gasteiger charge is 2.28. The van der Waals surface area contributed by atoms with Gasteiger partial charge in [0.2, 0.25) is 5.91 Å². The number of nitrogens with two attached hydrogens (primary N) is 1. The van der Waals surface area contributed by atoms with Crippen molar-refractivity contribution in [3.05, 3.63) is 24.3 Å². The Bertz CT molecular complexity index is 501. The zero-order valence-electron chi connectivity index (χ0n) is 12.2. The highest BCUT2D eigenvalue weighted by molar-refractivity contribution is 5.94. The number of hydrogen-bond donors (Lipinski definition) is 4. The molecule has 1 aliphatic carbocycles. The molecule has 0 spiro atoms. The largest absolute Gasteiger partial charge is 0.341 e. The Hall–Kier alpha value is -2.08. The second-order valence-corrected chi connectivity index (χ2v) is 5.33. The average molecular weight is 290 g/mol. The minimum Gasteiger partial charge on any atom is -0.341 e. The van der Waals surface area contributed by atoms with Crippen LogP contribution in [-0.4, -0.2) is 25.0 Å². The molecule has 0 aliphatic heterocycles. The van der Waals surface area contributed by atoms with Crippen molar-refractivity contribution in [3.8, 4) is 0 Å². The molecule has 1 aromatic carbocycles. The Morgan fingerprint density at radius 3 is 2.19 bits per heavy atom. The number of urea groups is 1. The number of nitrogens with one attached hydrogen (secondary N) is 3. The zero-order chi connectivity index (χ0) is 15.2. The molecule has 1 aromatic rings. The monoisotopic (exact) mass is 290 g/mol. The number of rotatable bonds is 3. The van der Waals surface area contributed by atoms with Crippen LogP contribution >= 0.6 is 0 Å². The standard InChI is InChI=1S/C15H22N4O2/c1-17-15(21)19-11-8-6-10(7-9-11)18-14(20)12-4-2-3-5-13(12)16/h6-9,12-13H,2-5,16H2,1H3,(H,18,20)(H2,17,19,21). The zero-order valence-corrected chi connectivity index (χ0v) is 12.2. The predicted molar refractivity (Wildman–Crippen MR) is 83.1 cm³/mol. The van der Waals surface area contributed by atoms with Crippen LogP contribution < -0.4 is 21.7 Å². The maximum Gasteiger partial charge on any atom is 0.318 e. The van der Waals surface area contributed by atoms with E-state index < -0.39 is 0 Å². The number of amides is 3. The van der Waals surface area contributed by atoms with E-state index in [4.69, 9.17) is 5.73 Å². The van der Waals surface area contributed by atoms with Crippen molar-refractivity contribution in [3.63, 3.8) is 0 Å². The van der Waals surface area contributed by atoms with Crippen molar-refractivity contribution >= 4 is 23.3 Å². The summed E-state index contributed by atoms with van der Waals surface area (Å²) in [4.78, 5) is 23.4. The van der Waals surface area contributed by atoms with Gasteiger partial charge in [0.15, 0.2) is 0 Å². The van der Waals surface area contributed by atoms with Crippen LogP contribution in [0, 0.1) is 5.92 Å². The summed E-state index contributed by atoms with van der Waals surface area (Å²) in [5, 5.41) is 8.02. The lowest BCUT2D eigenvalue weighted by atomic mass is 9.84. The Kier molecular flexibility index (Phi) is 5.16. The Morgan fingerprint density at radius 2 is 1.62 bits per heavy atom. The van der Waals surface area contributed by atoms with Gasteiger partial charge in [-0.2, -0.15) is 0 Å². The molecule has 6 heteroatoms. The average Bonchev–Trinajstić information content (AvgIpc) is 2.49. The maximum absolute atomic E-state index is 12.2. The Balaban J connectivity index is 1.93. The molecule has 0 bridgehead atoms. The number of carbonyl (C=O) groups excluding carboxylic acids is 2. The number of anilines is 2. The van der Waals surface area contributed by atoms with Gasteiger partial charge in [0.25, 0.3) is 0 Å². The van der Waals surface area contributed by atoms with E-state index in [0.29, 0.717) is 11.4 Å². The highest BCUT2D eigenvalue weighted by atomic mass is 16.2. The summed E-state index contributed by atoms with van der Waals surface area (Å²) in [6, 6.07) is 6.68. The third-order valence-electron chi connectivity index (χ3n) is 3.79. The minimum atomic E-state index is -0.278. The van der Waals surface area contributed by atoms with E-state index in [1.165, 1.54) is 0 Å².